The van der Waals surface area contributed by atoms with Crippen LogP contribution in [0, 0.1) is 12.8 Å². The molecule has 1 aliphatic rings. The highest BCUT2D eigenvalue weighted by Crippen LogP contribution is 2.21. The smallest absolute Gasteiger partial charge is 0.223 e. The molecular weight excluding hydrogens is 264 g/mol. The van der Waals surface area contributed by atoms with E-state index < -0.39 is 0 Å². The van der Waals surface area contributed by atoms with E-state index in [2.05, 4.69) is 49.4 Å². The number of amides is 1. The lowest BCUT2D eigenvalue weighted by molar-refractivity contribution is -0.128. The van der Waals surface area contributed by atoms with Gasteiger partial charge in [0.25, 0.3) is 0 Å². The Balaban J connectivity index is 1.97. The summed E-state index contributed by atoms with van der Waals surface area (Å²) in [6.07, 6.45) is 1.67. The van der Waals surface area contributed by atoms with Gasteiger partial charge in [0.15, 0.2) is 0 Å². The minimum atomic E-state index is 0.110. The molecule has 21 heavy (non-hydrogen) atoms. The minimum absolute atomic E-state index is 0.110. The zero-order valence-corrected chi connectivity index (χ0v) is 13.3. The molecule has 1 saturated heterocycles. The Morgan fingerprint density at radius 1 is 1.33 bits per heavy atom. The molecule has 0 bridgehead atoms. The number of ether oxygens (including phenoxy) is 1. The zero-order chi connectivity index (χ0) is 15.2. The van der Waals surface area contributed by atoms with Crippen LogP contribution in [0.15, 0.2) is 24.3 Å². The molecule has 1 atom stereocenters. The van der Waals surface area contributed by atoms with Gasteiger partial charge in [0.2, 0.25) is 5.91 Å². The van der Waals surface area contributed by atoms with Gasteiger partial charge in [-0.1, -0.05) is 24.3 Å². The van der Waals surface area contributed by atoms with Crippen molar-refractivity contribution in [1.29, 1.82) is 0 Å². The summed E-state index contributed by atoms with van der Waals surface area (Å²) in [4.78, 5) is 14.4. The second-order valence-corrected chi connectivity index (χ2v) is 5.97. The molecule has 4 nitrogen and oxygen atoms in total. The number of hydrogen-bond acceptors (Lipinski definition) is 3. The van der Waals surface area contributed by atoms with Gasteiger partial charge in [-0.3, -0.25) is 4.79 Å². The molecule has 2 rings (SSSR count). The molecule has 116 valence electrons. The standard InChI is InChI=1S/C17H26N2O2/c1-13-6-4-5-7-15(13)16(19(2)3)12-18-17(20)14-8-10-21-11-9-14/h4-7,14,16H,8-12H2,1-3H3,(H,18,20)/t16-/m0/s1. The number of carbonyl (C=O) groups excluding carboxylic acids is 1. The van der Waals surface area contributed by atoms with Crippen LogP contribution in [0.3, 0.4) is 0 Å². The van der Waals surface area contributed by atoms with Gasteiger partial charge in [0.05, 0.1) is 6.04 Å². The van der Waals surface area contributed by atoms with Crippen LogP contribution in [-0.2, 0) is 9.53 Å². The summed E-state index contributed by atoms with van der Waals surface area (Å²) < 4.78 is 5.31. The summed E-state index contributed by atoms with van der Waals surface area (Å²) in [5, 5.41) is 3.12. The molecule has 0 aromatic heterocycles. The second-order valence-electron chi connectivity index (χ2n) is 5.97. The van der Waals surface area contributed by atoms with Crippen LogP contribution in [0.25, 0.3) is 0 Å². The zero-order valence-electron chi connectivity index (χ0n) is 13.3. The van der Waals surface area contributed by atoms with E-state index in [-0.39, 0.29) is 17.9 Å². The Bertz CT molecular complexity index is 468. The fraction of sp³-hybridized carbons (Fsp3) is 0.588. The highest BCUT2D eigenvalue weighted by molar-refractivity contribution is 5.78. The molecule has 1 N–H and O–H groups in total. The molecule has 0 saturated carbocycles. The lowest BCUT2D eigenvalue weighted by atomic mass is 9.98. The number of likely N-dealkylation sites (N-methyl/N-ethyl adjacent to an activating group) is 1. The molecule has 0 aliphatic carbocycles. The first kappa shape index (κ1) is 16.0. The number of nitrogens with zero attached hydrogens (tertiary/aromatic N) is 1. The summed E-state index contributed by atoms with van der Waals surface area (Å²) in [5.41, 5.74) is 2.53. The van der Waals surface area contributed by atoms with Crippen molar-refractivity contribution in [2.24, 2.45) is 5.92 Å². The Kier molecular flexibility index (Phi) is 5.76. The predicted octanol–water partition coefficient (Wildman–Crippen LogP) is 2.14. The maximum atomic E-state index is 12.3. The lowest BCUT2D eigenvalue weighted by Gasteiger charge is -2.28. The Hall–Kier alpha value is -1.39. The fourth-order valence-electron chi connectivity index (χ4n) is 2.83. The van der Waals surface area contributed by atoms with Gasteiger partial charge in [-0.25, -0.2) is 0 Å². The lowest BCUT2D eigenvalue weighted by Crippen LogP contribution is -2.39. The van der Waals surface area contributed by atoms with Gasteiger partial charge in [0, 0.05) is 25.7 Å². The van der Waals surface area contributed by atoms with Crippen molar-refractivity contribution in [2.75, 3.05) is 33.9 Å². The molecule has 4 heteroatoms. The van der Waals surface area contributed by atoms with Gasteiger partial charge in [-0.15, -0.1) is 0 Å². The number of aryl methyl sites for hydroxylation is 1. The quantitative estimate of drug-likeness (QED) is 0.903. The van der Waals surface area contributed by atoms with E-state index in [9.17, 15) is 4.79 Å². The number of benzene rings is 1. The molecule has 1 heterocycles. The third kappa shape index (κ3) is 4.29. The molecular formula is C17H26N2O2. The minimum Gasteiger partial charge on any atom is -0.381 e. The summed E-state index contributed by atoms with van der Waals surface area (Å²) in [6, 6.07) is 8.56. The molecule has 0 spiro atoms. The molecule has 1 aliphatic heterocycles. The Labute approximate surface area is 127 Å². The first-order chi connectivity index (χ1) is 10.1. The third-order valence-electron chi connectivity index (χ3n) is 4.23. The van der Waals surface area contributed by atoms with Crippen LogP contribution in [0.1, 0.15) is 30.0 Å². The number of carbonyl (C=O) groups is 1. The van der Waals surface area contributed by atoms with E-state index in [1.807, 2.05) is 6.07 Å². The first-order valence-corrected chi connectivity index (χ1v) is 7.67. The number of nitrogens with one attached hydrogen (secondary N) is 1. The van der Waals surface area contributed by atoms with E-state index in [0.29, 0.717) is 19.8 Å². The predicted molar refractivity (Wildman–Crippen MR) is 84.2 cm³/mol. The average Bonchev–Trinajstić information content (AvgIpc) is 2.49. The number of rotatable bonds is 5. The van der Waals surface area contributed by atoms with Crippen molar-refractivity contribution in [3.05, 3.63) is 35.4 Å². The largest absolute Gasteiger partial charge is 0.381 e. The van der Waals surface area contributed by atoms with Gasteiger partial charge in [-0.2, -0.15) is 0 Å². The molecule has 1 aromatic rings. The summed E-state index contributed by atoms with van der Waals surface area (Å²) in [6.45, 7) is 4.17. The van der Waals surface area contributed by atoms with Crippen molar-refractivity contribution in [2.45, 2.75) is 25.8 Å². The molecule has 1 amide bonds. The van der Waals surface area contributed by atoms with Crippen molar-refractivity contribution in [3.63, 3.8) is 0 Å². The maximum absolute atomic E-state index is 12.3. The van der Waals surface area contributed by atoms with Gasteiger partial charge < -0.3 is 15.0 Å². The fourth-order valence-corrected chi connectivity index (χ4v) is 2.83. The van der Waals surface area contributed by atoms with E-state index >= 15 is 0 Å². The van der Waals surface area contributed by atoms with Gasteiger partial charge >= 0.3 is 0 Å². The SMILES string of the molecule is Cc1ccccc1[C@H](CNC(=O)C1CCOCC1)N(C)C. The van der Waals surface area contributed by atoms with E-state index in [4.69, 9.17) is 4.74 Å². The van der Waals surface area contributed by atoms with Gasteiger partial charge in [-0.05, 0) is 45.0 Å². The Morgan fingerprint density at radius 2 is 2.00 bits per heavy atom. The van der Waals surface area contributed by atoms with Crippen LogP contribution in [0.2, 0.25) is 0 Å². The summed E-state index contributed by atoms with van der Waals surface area (Å²) in [7, 11) is 4.11. The van der Waals surface area contributed by atoms with Crippen molar-refractivity contribution in [1.82, 2.24) is 10.2 Å². The van der Waals surface area contributed by atoms with Crippen LogP contribution in [0.5, 0.6) is 0 Å². The normalized spacial score (nSPS) is 17.7. The van der Waals surface area contributed by atoms with Crippen molar-refractivity contribution < 1.29 is 9.53 Å². The summed E-state index contributed by atoms with van der Waals surface area (Å²) >= 11 is 0. The van der Waals surface area contributed by atoms with E-state index in [1.54, 1.807) is 0 Å². The van der Waals surface area contributed by atoms with Crippen LogP contribution in [0.4, 0.5) is 0 Å². The molecule has 0 radical (unpaired) electrons. The average molecular weight is 290 g/mol. The van der Waals surface area contributed by atoms with E-state index in [1.165, 1.54) is 11.1 Å². The van der Waals surface area contributed by atoms with Crippen molar-refractivity contribution in [3.8, 4) is 0 Å². The Morgan fingerprint density at radius 3 is 2.62 bits per heavy atom. The molecule has 1 aromatic carbocycles. The molecule has 0 unspecified atom stereocenters. The number of hydrogen-bond donors (Lipinski definition) is 1. The summed E-state index contributed by atoms with van der Waals surface area (Å²) in [5.74, 6) is 0.275. The van der Waals surface area contributed by atoms with Crippen LogP contribution in [-0.4, -0.2) is 44.7 Å². The topological polar surface area (TPSA) is 41.6 Å². The molecule has 1 fully saturated rings. The van der Waals surface area contributed by atoms with Crippen LogP contribution < -0.4 is 5.32 Å². The monoisotopic (exact) mass is 290 g/mol. The van der Waals surface area contributed by atoms with Crippen molar-refractivity contribution >= 4 is 5.91 Å². The van der Waals surface area contributed by atoms with E-state index in [0.717, 1.165) is 12.8 Å². The highest BCUT2D eigenvalue weighted by Gasteiger charge is 2.23. The second kappa shape index (κ2) is 7.57. The van der Waals surface area contributed by atoms with Crippen LogP contribution >= 0.6 is 0 Å². The highest BCUT2D eigenvalue weighted by atomic mass is 16.5. The third-order valence-corrected chi connectivity index (χ3v) is 4.23. The first-order valence-electron chi connectivity index (χ1n) is 7.67. The maximum Gasteiger partial charge on any atom is 0.223 e. The van der Waals surface area contributed by atoms with Gasteiger partial charge in [0.1, 0.15) is 0 Å².